The summed E-state index contributed by atoms with van der Waals surface area (Å²) in [6.45, 7) is 0.820. The summed E-state index contributed by atoms with van der Waals surface area (Å²) in [7, 11) is 0. The van der Waals surface area contributed by atoms with Crippen LogP contribution in [0.5, 0.6) is 5.75 Å². The molecule has 1 aromatic heterocycles. The van der Waals surface area contributed by atoms with Gasteiger partial charge in [-0.15, -0.1) is 11.3 Å². The first kappa shape index (κ1) is 14.2. The molecule has 1 heterocycles. The first-order valence-electron chi connectivity index (χ1n) is 5.54. The number of hydrogen-bond acceptors (Lipinski definition) is 3. The van der Waals surface area contributed by atoms with Crippen molar-refractivity contribution in [3.05, 3.63) is 50.1 Å². The van der Waals surface area contributed by atoms with Gasteiger partial charge in [0.1, 0.15) is 12.4 Å². The fourth-order valence-corrected chi connectivity index (χ4v) is 2.66. The SMILES string of the molecule is NCC#Cc1ccc(COc2ccc(Cl)cc2Cl)s1. The quantitative estimate of drug-likeness (QED) is 0.871. The van der Waals surface area contributed by atoms with Gasteiger partial charge in [0.2, 0.25) is 0 Å². The fraction of sp³-hybridized carbons (Fsp3) is 0.143. The van der Waals surface area contributed by atoms with E-state index in [1.807, 2.05) is 12.1 Å². The van der Waals surface area contributed by atoms with Crippen LogP contribution in [-0.2, 0) is 6.61 Å². The van der Waals surface area contributed by atoms with Crippen molar-refractivity contribution in [1.82, 2.24) is 0 Å². The second kappa shape index (κ2) is 6.83. The first-order chi connectivity index (χ1) is 9.19. The van der Waals surface area contributed by atoms with Gasteiger partial charge in [-0.05, 0) is 30.3 Å². The van der Waals surface area contributed by atoms with Crippen LogP contribution in [0.4, 0.5) is 0 Å². The highest BCUT2D eigenvalue weighted by Crippen LogP contribution is 2.28. The van der Waals surface area contributed by atoms with Crippen molar-refractivity contribution < 1.29 is 4.74 Å². The van der Waals surface area contributed by atoms with Crippen LogP contribution >= 0.6 is 34.5 Å². The zero-order chi connectivity index (χ0) is 13.7. The number of ether oxygens (including phenoxy) is 1. The van der Waals surface area contributed by atoms with Gasteiger partial charge in [0.15, 0.2) is 0 Å². The molecule has 0 unspecified atom stereocenters. The van der Waals surface area contributed by atoms with Crippen molar-refractivity contribution in [1.29, 1.82) is 0 Å². The van der Waals surface area contributed by atoms with Crippen molar-refractivity contribution in [2.75, 3.05) is 6.54 Å². The standard InChI is InChI=1S/C14H11Cl2NOS/c15-10-3-6-14(13(16)8-10)18-9-12-5-4-11(19-12)2-1-7-17/h3-6,8H,7,9,17H2. The van der Waals surface area contributed by atoms with Gasteiger partial charge < -0.3 is 10.5 Å². The molecule has 0 atom stereocenters. The van der Waals surface area contributed by atoms with Gasteiger partial charge in [-0.3, -0.25) is 0 Å². The number of rotatable bonds is 3. The topological polar surface area (TPSA) is 35.2 Å². The summed E-state index contributed by atoms with van der Waals surface area (Å²) in [5.41, 5.74) is 5.33. The lowest BCUT2D eigenvalue weighted by molar-refractivity contribution is 0.310. The third-order valence-corrected chi connectivity index (χ3v) is 3.74. The Morgan fingerprint density at radius 2 is 2.05 bits per heavy atom. The van der Waals surface area contributed by atoms with Crippen LogP contribution in [0.2, 0.25) is 10.0 Å². The van der Waals surface area contributed by atoms with Crippen molar-refractivity contribution >= 4 is 34.5 Å². The molecule has 1 aromatic carbocycles. The normalized spacial score (nSPS) is 9.84. The minimum absolute atomic E-state index is 0.365. The summed E-state index contributed by atoms with van der Waals surface area (Å²) < 4.78 is 5.64. The first-order valence-corrected chi connectivity index (χ1v) is 7.12. The van der Waals surface area contributed by atoms with Crippen LogP contribution in [0.25, 0.3) is 0 Å². The average molecular weight is 312 g/mol. The molecule has 2 aromatic rings. The lowest BCUT2D eigenvalue weighted by Crippen LogP contribution is -1.93. The maximum absolute atomic E-state index is 6.03. The molecule has 98 valence electrons. The molecule has 2 nitrogen and oxygen atoms in total. The van der Waals surface area contributed by atoms with E-state index in [1.165, 1.54) is 0 Å². The Labute approximate surface area is 126 Å². The molecule has 0 spiro atoms. The van der Waals surface area contributed by atoms with Gasteiger partial charge in [0.05, 0.1) is 16.4 Å². The molecule has 19 heavy (non-hydrogen) atoms. The van der Waals surface area contributed by atoms with E-state index in [2.05, 4.69) is 11.8 Å². The van der Waals surface area contributed by atoms with Crippen molar-refractivity contribution in [3.63, 3.8) is 0 Å². The minimum Gasteiger partial charge on any atom is -0.487 e. The molecule has 0 bridgehead atoms. The molecule has 2 rings (SSSR count). The predicted molar refractivity (Wildman–Crippen MR) is 81.0 cm³/mol. The third kappa shape index (κ3) is 4.15. The number of benzene rings is 1. The van der Waals surface area contributed by atoms with Gasteiger partial charge in [-0.1, -0.05) is 35.0 Å². The van der Waals surface area contributed by atoms with Crippen LogP contribution < -0.4 is 10.5 Å². The van der Waals surface area contributed by atoms with Gasteiger partial charge in [0.25, 0.3) is 0 Å². The van der Waals surface area contributed by atoms with Crippen molar-refractivity contribution in [3.8, 4) is 17.6 Å². The molecular formula is C14H11Cl2NOS. The zero-order valence-corrected chi connectivity index (χ0v) is 12.3. The van der Waals surface area contributed by atoms with Crippen molar-refractivity contribution in [2.45, 2.75) is 6.61 Å². The third-order valence-electron chi connectivity index (χ3n) is 2.24. The lowest BCUT2D eigenvalue weighted by Gasteiger charge is -2.06. The summed E-state index contributed by atoms with van der Waals surface area (Å²) >= 11 is 13.4. The largest absolute Gasteiger partial charge is 0.487 e. The van der Waals surface area contributed by atoms with E-state index in [0.717, 1.165) is 9.75 Å². The number of halogens is 2. The van der Waals surface area contributed by atoms with Crippen LogP contribution in [-0.4, -0.2) is 6.54 Å². The van der Waals surface area contributed by atoms with Crippen LogP contribution in [0, 0.1) is 11.8 Å². The van der Waals surface area contributed by atoms with E-state index in [0.29, 0.717) is 28.9 Å². The number of thiophene rings is 1. The summed E-state index contributed by atoms with van der Waals surface area (Å²) in [5, 5.41) is 1.10. The van der Waals surface area contributed by atoms with Gasteiger partial charge >= 0.3 is 0 Å². The molecule has 0 fully saturated rings. The second-order valence-electron chi connectivity index (χ2n) is 3.64. The molecule has 0 saturated heterocycles. The van der Waals surface area contributed by atoms with Gasteiger partial charge in [-0.2, -0.15) is 0 Å². The molecule has 2 N–H and O–H groups in total. The Morgan fingerprint density at radius 1 is 1.21 bits per heavy atom. The molecule has 0 saturated carbocycles. The maximum atomic E-state index is 6.03. The molecule has 0 aliphatic heterocycles. The van der Waals surface area contributed by atoms with Crippen LogP contribution in [0.15, 0.2) is 30.3 Å². The highest BCUT2D eigenvalue weighted by atomic mass is 35.5. The molecule has 0 amide bonds. The average Bonchev–Trinajstić information content (AvgIpc) is 2.83. The van der Waals surface area contributed by atoms with E-state index >= 15 is 0 Å². The van der Waals surface area contributed by atoms with E-state index in [-0.39, 0.29) is 0 Å². The van der Waals surface area contributed by atoms with Crippen molar-refractivity contribution in [2.24, 2.45) is 5.73 Å². The summed E-state index contributed by atoms with van der Waals surface area (Å²) in [4.78, 5) is 2.05. The maximum Gasteiger partial charge on any atom is 0.138 e. The van der Waals surface area contributed by atoms with Gasteiger partial charge in [0, 0.05) is 9.90 Å². The molecule has 5 heteroatoms. The minimum atomic E-state index is 0.365. The van der Waals surface area contributed by atoms with Crippen LogP contribution in [0.1, 0.15) is 9.75 Å². The Bertz CT molecular complexity index is 628. The van der Waals surface area contributed by atoms with E-state index in [1.54, 1.807) is 29.5 Å². The lowest BCUT2D eigenvalue weighted by atomic mass is 10.3. The zero-order valence-electron chi connectivity index (χ0n) is 9.95. The fourth-order valence-electron chi connectivity index (χ4n) is 1.40. The van der Waals surface area contributed by atoms with E-state index in [9.17, 15) is 0 Å². The summed E-state index contributed by atoms with van der Waals surface area (Å²) in [6.07, 6.45) is 0. The predicted octanol–water partition coefficient (Wildman–Crippen LogP) is 3.94. The Morgan fingerprint density at radius 3 is 2.79 bits per heavy atom. The molecule has 0 aliphatic carbocycles. The van der Waals surface area contributed by atoms with Gasteiger partial charge in [-0.25, -0.2) is 0 Å². The molecule has 0 aliphatic rings. The highest BCUT2D eigenvalue weighted by molar-refractivity contribution is 7.12. The van der Waals surface area contributed by atoms with E-state index in [4.69, 9.17) is 33.7 Å². The van der Waals surface area contributed by atoms with Crippen LogP contribution in [0.3, 0.4) is 0 Å². The summed E-state index contributed by atoms with van der Waals surface area (Å²) in [5.74, 6) is 6.42. The molecule has 0 radical (unpaired) electrons. The monoisotopic (exact) mass is 311 g/mol. The number of hydrogen-bond donors (Lipinski definition) is 1. The Hall–Kier alpha value is -1.18. The smallest absolute Gasteiger partial charge is 0.138 e. The Balaban J connectivity index is 2.00. The highest BCUT2D eigenvalue weighted by Gasteiger charge is 2.04. The summed E-state index contributed by atoms with van der Waals surface area (Å²) in [6, 6.07) is 9.10. The second-order valence-corrected chi connectivity index (χ2v) is 5.65. The number of nitrogens with two attached hydrogens (primary N) is 1. The molecular weight excluding hydrogens is 301 g/mol. The Kier molecular flexibility index (Phi) is 5.12. The van der Waals surface area contributed by atoms with E-state index < -0.39 is 0 Å².